The van der Waals surface area contributed by atoms with E-state index in [-0.39, 0.29) is 17.9 Å². The fraction of sp³-hybridized carbons (Fsp3) is 0.167. The zero-order valence-corrected chi connectivity index (χ0v) is 21.4. The van der Waals surface area contributed by atoms with Gasteiger partial charge in [0.1, 0.15) is 12.4 Å². The number of nitrogens with zero attached hydrogens (tertiary/aromatic N) is 2. The number of aliphatic hydroxyl groups is 1. The van der Waals surface area contributed by atoms with Gasteiger partial charge < -0.3 is 14.7 Å². The summed E-state index contributed by atoms with van der Waals surface area (Å²) in [6.45, 7) is 4.21. The summed E-state index contributed by atoms with van der Waals surface area (Å²) in [6.07, 6.45) is 0. The van der Waals surface area contributed by atoms with Crippen LogP contribution in [0.15, 0.2) is 96.3 Å². The molecule has 4 aromatic rings. The third-order valence-corrected chi connectivity index (χ3v) is 7.35. The SMILES string of the molecule is Cc1nc(C)c(C(=O)C2=C(O)C(=O)N(Cc3ccccc3)C2c2cccc(OCc3ccccc3)c2)s1. The number of aromatic nitrogens is 1. The molecule has 0 spiro atoms. The average Bonchev–Trinajstić information content (AvgIpc) is 3.38. The number of carbonyl (C=O) groups is 2. The van der Waals surface area contributed by atoms with E-state index in [0.29, 0.717) is 28.5 Å². The molecule has 1 unspecified atom stereocenters. The molecule has 0 saturated carbocycles. The van der Waals surface area contributed by atoms with Crippen LogP contribution in [0.25, 0.3) is 0 Å². The Morgan fingerprint density at radius 2 is 1.65 bits per heavy atom. The van der Waals surface area contributed by atoms with Crippen LogP contribution in [0.4, 0.5) is 0 Å². The summed E-state index contributed by atoms with van der Waals surface area (Å²) < 4.78 is 6.03. The monoisotopic (exact) mass is 510 g/mol. The Morgan fingerprint density at radius 3 is 2.30 bits per heavy atom. The first-order valence-corrected chi connectivity index (χ1v) is 12.8. The molecular formula is C30H26N2O4S. The molecule has 0 radical (unpaired) electrons. The summed E-state index contributed by atoms with van der Waals surface area (Å²) in [5.74, 6) is -0.875. The van der Waals surface area contributed by atoms with Gasteiger partial charge in [-0.05, 0) is 42.7 Å². The van der Waals surface area contributed by atoms with Gasteiger partial charge in [0.15, 0.2) is 5.76 Å². The highest BCUT2D eigenvalue weighted by Gasteiger charge is 2.44. The molecule has 3 aromatic carbocycles. The van der Waals surface area contributed by atoms with E-state index in [2.05, 4.69) is 4.98 Å². The molecule has 1 aliphatic rings. The normalized spacial score (nSPS) is 15.4. The fourth-order valence-corrected chi connectivity index (χ4v) is 5.43. The highest BCUT2D eigenvalue weighted by Crippen LogP contribution is 2.41. The van der Waals surface area contributed by atoms with E-state index in [9.17, 15) is 14.7 Å². The summed E-state index contributed by atoms with van der Waals surface area (Å²) >= 11 is 1.26. The second-order valence-corrected chi connectivity index (χ2v) is 10.1. The molecule has 5 rings (SSSR count). The number of ether oxygens (including phenoxy) is 1. The molecule has 1 aromatic heterocycles. The highest BCUT2D eigenvalue weighted by atomic mass is 32.1. The van der Waals surface area contributed by atoms with Gasteiger partial charge in [-0.15, -0.1) is 11.3 Å². The molecular weight excluding hydrogens is 484 g/mol. The van der Waals surface area contributed by atoms with Crippen LogP contribution in [-0.2, 0) is 17.9 Å². The number of benzene rings is 3. The van der Waals surface area contributed by atoms with Crippen LogP contribution in [0.3, 0.4) is 0 Å². The maximum Gasteiger partial charge on any atom is 0.290 e. The lowest BCUT2D eigenvalue weighted by atomic mass is 9.94. The maximum atomic E-state index is 13.8. The minimum atomic E-state index is -0.776. The molecule has 0 bridgehead atoms. The van der Waals surface area contributed by atoms with E-state index in [1.54, 1.807) is 6.92 Å². The molecule has 186 valence electrons. The average molecular weight is 511 g/mol. The van der Waals surface area contributed by atoms with Crippen molar-refractivity contribution in [3.05, 3.63) is 129 Å². The number of Topliss-reactive ketones (excluding diaryl/α,β-unsaturated/α-hetero) is 1. The zero-order valence-electron chi connectivity index (χ0n) is 20.5. The van der Waals surface area contributed by atoms with Gasteiger partial charge in [-0.2, -0.15) is 0 Å². The first-order valence-electron chi connectivity index (χ1n) is 12.0. The Bertz CT molecular complexity index is 1480. The Hall–Kier alpha value is -4.23. The molecule has 1 atom stereocenters. The van der Waals surface area contributed by atoms with Gasteiger partial charge in [0.05, 0.1) is 27.2 Å². The standard InChI is InChI=1S/C30H26N2O4S/c1-19-29(37-20(2)31-19)27(33)25-26(32(30(35)28(25)34)17-21-10-5-3-6-11-21)23-14-9-15-24(16-23)36-18-22-12-7-4-8-13-22/h3-16,26,34H,17-18H2,1-2H3. The minimum absolute atomic E-state index is 0.0629. The lowest BCUT2D eigenvalue weighted by Crippen LogP contribution is -2.30. The van der Waals surface area contributed by atoms with Gasteiger partial charge in [0, 0.05) is 6.54 Å². The van der Waals surface area contributed by atoms with Crippen LogP contribution in [0.1, 0.15) is 43.1 Å². The largest absolute Gasteiger partial charge is 0.503 e. The topological polar surface area (TPSA) is 79.7 Å². The number of hydrogen-bond acceptors (Lipinski definition) is 6. The van der Waals surface area contributed by atoms with Crippen molar-refractivity contribution in [3.8, 4) is 5.75 Å². The Morgan fingerprint density at radius 1 is 0.973 bits per heavy atom. The molecule has 2 heterocycles. The number of aryl methyl sites for hydroxylation is 2. The van der Waals surface area contributed by atoms with E-state index in [1.807, 2.05) is 91.9 Å². The van der Waals surface area contributed by atoms with E-state index in [1.165, 1.54) is 16.2 Å². The predicted molar refractivity (Wildman–Crippen MR) is 143 cm³/mol. The number of aliphatic hydroxyl groups excluding tert-OH is 1. The van der Waals surface area contributed by atoms with E-state index in [0.717, 1.165) is 16.1 Å². The van der Waals surface area contributed by atoms with Crippen molar-refractivity contribution >= 4 is 23.0 Å². The number of carbonyl (C=O) groups excluding carboxylic acids is 2. The lowest BCUT2D eigenvalue weighted by molar-refractivity contribution is -0.130. The van der Waals surface area contributed by atoms with Crippen LogP contribution in [0, 0.1) is 13.8 Å². The van der Waals surface area contributed by atoms with Crippen molar-refractivity contribution in [2.45, 2.75) is 33.0 Å². The summed E-state index contributed by atoms with van der Waals surface area (Å²) in [4.78, 5) is 33.4. The lowest BCUT2D eigenvalue weighted by Gasteiger charge is -2.27. The maximum absolute atomic E-state index is 13.8. The third-order valence-electron chi connectivity index (χ3n) is 6.28. The smallest absolute Gasteiger partial charge is 0.290 e. The molecule has 7 heteroatoms. The van der Waals surface area contributed by atoms with Crippen molar-refractivity contribution in [1.29, 1.82) is 0 Å². The number of ketones is 1. The minimum Gasteiger partial charge on any atom is -0.503 e. The molecule has 0 saturated heterocycles. The second kappa shape index (κ2) is 10.4. The fourth-order valence-electron chi connectivity index (χ4n) is 4.55. The van der Waals surface area contributed by atoms with Crippen molar-refractivity contribution in [2.75, 3.05) is 0 Å². The van der Waals surface area contributed by atoms with Gasteiger partial charge in [-0.25, -0.2) is 4.98 Å². The van der Waals surface area contributed by atoms with E-state index in [4.69, 9.17) is 4.74 Å². The first-order chi connectivity index (χ1) is 17.9. The van der Waals surface area contributed by atoms with Crippen molar-refractivity contribution in [2.24, 2.45) is 0 Å². The van der Waals surface area contributed by atoms with Gasteiger partial charge in [0.25, 0.3) is 5.91 Å². The Kier molecular flexibility index (Phi) is 6.88. The molecule has 0 aliphatic carbocycles. The number of thiazole rings is 1. The van der Waals surface area contributed by atoms with Crippen LogP contribution in [0.2, 0.25) is 0 Å². The second-order valence-electron chi connectivity index (χ2n) is 8.91. The van der Waals surface area contributed by atoms with Gasteiger partial charge in [-0.3, -0.25) is 9.59 Å². The van der Waals surface area contributed by atoms with Gasteiger partial charge in [-0.1, -0.05) is 72.8 Å². The van der Waals surface area contributed by atoms with Crippen molar-refractivity contribution < 1.29 is 19.4 Å². The molecule has 1 aliphatic heterocycles. The van der Waals surface area contributed by atoms with E-state index < -0.39 is 17.7 Å². The van der Waals surface area contributed by atoms with Crippen LogP contribution in [0.5, 0.6) is 5.75 Å². The van der Waals surface area contributed by atoms with Crippen LogP contribution in [-0.4, -0.2) is 26.7 Å². The molecule has 37 heavy (non-hydrogen) atoms. The highest BCUT2D eigenvalue weighted by molar-refractivity contribution is 7.14. The van der Waals surface area contributed by atoms with Crippen molar-refractivity contribution in [1.82, 2.24) is 9.88 Å². The number of rotatable bonds is 8. The molecule has 1 amide bonds. The summed E-state index contributed by atoms with van der Waals surface area (Å²) in [7, 11) is 0. The van der Waals surface area contributed by atoms with Crippen LogP contribution < -0.4 is 4.74 Å². The molecule has 6 nitrogen and oxygen atoms in total. The van der Waals surface area contributed by atoms with Crippen molar-refractivity contribution in [3.63, 3.8) is 0 Å². The molecule has 0 fully saturated rings. The number of amides is 1. The zero-order chi connectivity index (χ0) is 25.9. The quantitative estimate of drug-likeness (QED) is 0.289. The van der Waals surface area contributed by atoms with Gasteiger partial charge in [0.2, 0.25) is 5.78 Å². The van der Waals surface area contributed by atoms with Crippen LogP contribution >= 0.6 is 11.3 Å². The Balaban J connectivity index is 1.53. The summed E-state index contributed by atoms with van der Waals surface area (Å²) in [5, 5.41) is 11.8. The summed E-state index contributed by atoms with van der Waals surface area (Å²) in [5.41, 5.74) is 3.25. The number of hydrogen-bond donors (Lipinski definition) is 1. The third kappa shape index (κ3) is 5.04. The first kappa shape index (κ1) is 24.5. The van der Waals surface area contributed by atoms with E-state index >= 15 is 0 Å². The van der Waals surface area contributed by atoms with Gasteiger partial charge >= 0.3 is 0 Å². The summed E-state index contributed by atoms with van der Waals surface area (Å²) in [6, 6.07) is 25.9. The molecule has 1 N–H and O–H groups in total. The Labute approximate surface area is 219 Å². The predicted octanol–water partition coefficient (Wildman–Crippen LogP) is 6.12.